The van der Waals surface area contributed by atoms with E-state index in [1.54, 1.807) is 0 Å². The van der Waals surface area contributed by atoms with Gasteiger partial charge in [-0.15, -0.1) is 0 Å². The third kappa shape index (κ3) is 3.64. The van der Waals surface area contributed by atoms with Crippen LogP contribution in [0.1, 0.15) is 19.8 Å². The minimum atomic E-state index is -0.708. The third-order valence-corrected chi connectivity index (χ3v) is 3.24. The molecule has 5 nitrogen and oxygen atoms in total. The van der Waals surface area contributed by atoms with E-state index in [1.165, 1.54) is 25.6 Å². The maximum Gasteiger partial charge on any atom is 0.236 e. The zero-order valence-electron chi connectivity index (χ0n) is 11.1. The standard InChI is InChI=1S/C13H18FN3O2/c1-9(18)16-12-6-11(7-15-13(12)14)19-8-10-4-3-5-17(10)2/h6-7,10H,3-5,8H2,1-2H3,(H,16,18)/t10-/m1/s1. The molecule has 1 aliphatic rings. The van der Waals surface area contributed by atoms with Crippen LogP contribution < -0.4 is 10.1 Å². The molecule has 1 aromatic heterocycles. The molecular weight excluding hydrogens is 249 g/mol. The van der Waals surface area contributed by atoms with Crippen LogP contribution in [0.15, 0.2) is 12.3 Å². The number of carbonyl (C=O) groups excluding carboxylic acids is 1. The van der Waals surface area contributed by atoms with Crippen LogP contribution in [0.2, 0.25) is 0 Å². The highest BCUT2D eigenvalue weighted by Crippen LogP contribution is 2.21. The Morgan fingerprint density at radius 3 is 3.11 bits per heavy atom. The van der Waals surface area contributed by atoms with Crippen LogP contribution in [0.25, 0.3) is 0 Å². The Hall–Kier alpha value is -1.69. The summed E-state index contributed by atoms with van der Waals surface area (Å²) >= 11 is 0. The lowest BCUT2D eigenvalue weighted by Gasteiger charge is -2.19. The summed E-state index contributed by atoms with van der Waals surface area (Å²) in [5.74, 6) is -0.584. The Balaban J connectivity index is 1.98. The van der Waals surface area contributed by atoms with Crippen molar-refractivity contribution in [1.29, 1.82) is 0 Å². The fourth-order valence-electron chi connectivity index (χ4n) is 2.17. The number of aromatic nitrogens is 1. The van der Waals surface area contributed by atoms with Gasteiger partial charge in [0.05, 0.1) is 6.20 Å². The molecule has 1 aliphatic heterocycles. The quantitative estimate of drug-likeness (QED) is 0.843. The number of ether oxygens (including phenoxy) is 1. The largest absolute Gasteiger partial charge is 0.490 e. The number of amides is 1. The summed E-state index contributed by atoms with van der Waals surface area (Å²) in [4.78, 5) is 16.8. The Labute approximate surface area is 111 Å². The molecule has 1 saturated heterocycles. The number of carbonyl (C=O) groups is 1. The van der Waals surface area contributed by atoms with Crippen LogP contribution in [-0.2, 0) is 4.79 Å². The lowest BCUT2D eigenvalue weighted by molar-refractivity contribution is -0.114. The summed E-state index contributed by atoms with van der Waals surface area (Å²) in [5, 5.41) is 2.38. The van der Waals surface area contributed by atoms with Crippen molar-refractivity contribution in [2.75, 3.05) is 25.5 Å². The first-order chi connectivity index (χ1) is 9.06. The van der Waals surface area contributed by atoms with Gasteiger partial charge in [-0.05, 0) is 26.4 Å². The van der Waals surface area contributed by atoms with Gasteiger partial charge < -0.3 is 15.0 Å². The molecule has 0 saturated carbocycles. The fraction of sp³-hybridized carbons (Fsp3) is 0.538. The third-order valence-electron chi connectivity index (χ3n) is 3.24. The number of anilines is 1. The van der Waals surface area contributed by atoms with Crippen LogP contribution in [0.4, 0.5) is 10.1 Å². The minimum absolute atomic E-state index is 0.0461. The van der Waals surface area contributed by atoms with E-state index in [-0.39, 0.29) is 11.6 Å². The van der Waals surface area contributed by atoms with Gasteiger partial charge >= 0.3 is 0 Å². The van der Waals surface area contributed by atoms with E-state index in [4.69, 9.17) is 4.74 Å². The van der Waals surface area contributed by atoms with Crippen molar-refractivity contribution in [3.05, 3.63) is 18.2 Å². The molecule has 19 heavy (non-hydrogen) atoms. The number of halogens is 1. The van der Waals surface area contributed by atoms with Gasteiger partial charge in [-0.2, -0.15) is 4.39 Å². The number of likely N-dealkylation sites (tertiary alicyclic amines) is 1. The van der Waals surface area contributed by atoms with Crippen molar-refractivity contribution in [2.45, 2.75) is 25.8 Å². The van der Waals surface area contributed by atoms with E-state index < -0.39 is 5.95 Å². The lowest BCUT2D eigenvalue weighted by atomic mass is 10.2. The molecule has 0 aromatic carbocycles. The first kappa shape index (κ1) is 13.7. The second kappa shape index (κ2) is 5.97. The molecule has 0 aliphatic carbocycles. The van der Waals surface area contributed by atoms with Crippen LogP contribution in [0.3, 0.4) is 0 Å². The normalized spacial score (nSPS) is 19.4. The van der Waals surface area contributed by atoms with E-state index in [2.05, 4.69) is 22.2 Å². The van der Waals surface area contributed by atoms with Gasteiger partial charge in [0.15, 0.2) is 0 Å². The predicted molar refractivity (Wildman–Crippen MR) is 69.6 cm³/mol. The van der Waals surface area contributed by atoms with Crippen molar-refractivity contribution in [3.63, 3.8) is 0 Å². The van der Waals surface area contributed by atoms with Crippen molar-refractivity contribution in [1.82, 2.24) is 9.88 Å². The monoisotopic (exact) mass is 267 g/mol. The molecule has 1 atom stereocenters. The van der Waals surface area contributed by atoms with E-state index in [0.29, 0.717) is 18.4 Å². The highest BCUT2D eigenvalue weighted by molar-refractivity contribution is 5.88. The molecule has 0 radical (unpaired) electrons. The van der Waals surface area contributed by atoms with Crippen LogP contribution in [0, 0.1) is 5.95 Å². The number of pyridine rings is 1. The Kier molecular flexibility index (Phi) is 4.31. The van der Waals surface area contributed by atoms with Gasteiger partial charge in [0.25, 0.3) is 0 Å². The summed E-state index contributed by atoms with van der Waals surface area (Å²) in [6.07, 6.45) is 3.60. The number of hydrogen-bond donors (Lipinski definition) is 1. The molecule has 1 aromatic rings. The number of likely N-dealkylation sites (N-methyl/N-ethyl adjacent to an activating group) is 1. The van der Waals surface area contributed by atoms with Crippen molar-refractivity contribution >= 4 is 11.6 Å². The van der Waals surface area contributed by atoms with Crippen LogP contribution in [0.5, 0.6) is 5.75 Å². The summed E-state index contributed by atoms with van der Waals surface area (Å²) in [6, 6.07) is 1.84. The van der Waals surface area contributed by atoms with E-state index in [9.17, 15) is 9.18 Å². The van der Waals surface area contributed by atoms with E-state index in [0.717, 1.165) is 13.0 Å². The molecule has 0 spiro atoms. The average Bonchev–Trinajstić information content (AvgIpc) is 2.75. The Morgan fingerprint density at radius 2 is 2.47 bits per heavy atom. The molecule has 6 heteroatoms. The van der Waals surface area contributed by atoms with Gasteiger partial charge in [-0.25, -0.2) is 4.98 Å². The molecule has 1 fully saturated rings. The maximum absolute atomic E-state index is 13.3. The summed E-state index contributed by atoms with van der Waals surface area (Å²) in [7, 11) is 2.06. The Bertz CT molecular complexity index is 467. The van der Waals surface area contributed by atoms with Gasteiger partial charge in [0, 0.05) is 19.0 Å². The van der Waals surface area contributed by atoms with Crippen molar-refractivity contribution < 1.29 is 13.9 Å². The van der Waals surface area contributed by atoms with Crippen molar-refractivity contribution in [3.8, 4) is 5.75 Å². The molecule has 0 bridgehead atoms. The summed E-state index contributed by atoms with van der Waals surface area (Å²) in [6.45, 7) is 2.94. The number of rotatable bonds is 4. The molecule has 1 amide bonds. The van der Waals surface area contributed by atoms with Gasteiger partial charge in [0.1, 0.15) is 18.0 Å². The Morgan fingerprint density at radius 1 is 1.68 bits per heavy atom. The number of hydrogen-bond acceptors (Lipinski definition) is 4. The molecule has 104 valence electrons. The van der Waals surface area contributed by atoms with Gasteiger partial charge in [-0.3, -0.25) is 4.79 Å². The predicted octanol–water partition coefficient (Wildman–Crippen LogP) is 1.65. The second-order valence-corrected chi connectivity index (χ2v) is 4.78. The van der Waals surface area contributed by atoms with E-state index in [1.807, 2.05) is 0 Å². The fourth-order valence-corrected chi connectivity index (χ4v) is 2.17. The second-order valence-electron chi connectivity index (χ2n) is 4.78. The highest BCUT2D eigenvalue weighted by atomic mass is 19.1. The maximum atomic E-state index is 13.3. The highest BCUT2D eigenvalue weighted by Gasteiger charge is 2.21. The molecule has 2 rings (SSSR count). The first-order valence-electron chi connectivity index (χ1n) is 6.32. The smallest absolute Gasteiger partial charge is 0.236 e. The molecule has 0 unspecified atom stereocenters. The van der Waals surface area contributed by atoms with Crippen LogP contribution in [-0.4, -0.2) is 42.0 Å². The number of nitrogens with one attached hydrogen (secondary N) is 1. The first-order valence-corrected chi connectivity index (χ1v) is 6.32. The SMILES string of the molecule is CC(=O)Nc1cc(OC[C@H]2CCCN2C)cnc1F. The van der Waals surface area contributed by atoms with Gasteiger partial charge in [0.2, 0.25) is 11.9 Å². The van der Waals surface area contributed by atoms with Crippen LogP contribution >= 0.6 is 0 Å². The zero-order valence-corrected chi connectivity index (χ0v) is 11.1. The summed E-state index contributed by atoms with van der Waals surface area (Å²) < 4.78 is 19.0. The van der Waals surface area contributed by atoms with E-state index >= 15 is 0 Å². The topological polar surface area (TPSA) is 54.5 Å². The van der Waals surface area contributed by atoms with Gasteiger partial charge in [-0.1, -0.05) is 0 Å². The number of nitrogens with zero attached hydrogens (tertiary/aromatic N) is 2. The molecule has 2 heterocycles. The molecular formula is C13H18FN3O2. The average molecular weight is 267 g/mol. The zero-order chi connectivity index (χ0) is 13.8. The minimum Gasteiger partial charge on any atom is -0.490 e. The molecule has 1 N–H and O–H groups in total. The summed E-state index contributed by atoms with van der Waals surface area (Å²) in [5.41, 5.74) is 0.0461. The van der Waals surface area contributed by atoms with Crippen molar-refractivity contribution in [2.24, 2.45) is 0 Å². The lowest BCUT2D eigenvalue weighted by Crippen LogP contribution is -2.30.